The van der Waals surface area contributed by atoms with Crippen molar-refractivity contribution in [2.24, 2.45) is 5.10 Å². The van der Waals surface area contributed by atoms with Crippen molar-refractivity contribution in [1.82, 2.24) is 5.43 Å². The first-order valence-electron chi connectivity index (χ1n) is 9.81. The molecule has 0 heterocycles. The molecule has 0 saturated heterocycles. The van der Waals surface area contributed by atoms with Gasteiger partial charge in [-0.3, -0.25) is 9.59 Å². The fourth-order valence-corrected chi connectivity index (χ4v) is 3.31. The first-order valence-corrected chi connectivity index (χ1v) is 10.6. The summed E-state index contributed by atoms with van der Waals surface area (Å²) in [6.07, 6.45) is 1.48. The molecular formula is C24H21Cl2N3O4. The summed E-state index contributed by atoms with van der Waals surface area (Å²) in [6.45, 7) is 1.64. The average Bonchev–Trinajstić information content (AvgIpc) is 2.78. The number of methoxy groups -OCH3 is 1. The maximum absolute atomic E-state index is 12.3. The van der Waals surface area contributed by atoms with Crippen LogP contribution in [0, 0.1) is 0 Å². The third kappa shape index (κ3) is 6.97. The van der Waals surface area contributed by atoms with Gasteiger partial charge >= 0.3 is 0 Å². The van der Waals surface area contributed by atoms with E-state index < -0.39 is 5.91 Å². The lowest BCUT2D eigenvalue weighted by atomic mass is 10.2. The number of rotatable bonds is 8. The van der Waals surface area contributed by atoms with Crippen LogP contribution in [0.4, 0.5) is 5.69 Å². The number of hydrogen-bond acceptors (Lipinski definition) is 5. The number of nitrogens with one attached hydrogen (secondary N) is 2. The van der Waals surface area contributed by atoms with E-state index in [1.807, 2.05) is 0 Å². The molecule has 0 radical (unpaired) electrons. The van der Waals surface area contributed by atoms with Crippen molar-refractivity contribution < 1.29 is 19.1 Å². The Morgan fingerprint density at radius 3 is 2.58 bits per heavy atom. The SMILES string of the molecule is COc1cc(/C=N\NC(=O)c2cccc(NC(C)=O)c2)ccc1OCc1ccc(Cl)cc1Cl. The predicted molar refractivity (Wildman–Crippen MR) is 130 cm³/mol. The van der Waals surface area contributed by atoms with Crippen LogP contribution in [0.15, 0.2) is 65.8 Å². The van der Waals surface area contributed by atoms with Crippen LogP contribution in [-0.4, -0.2) is 25.1 Å². The van der Waals surface area contributed by atoms with Crippen molar-refractivity contribution in [3.8, 4) is 11.5 Å². The second-order valence-electron chi connectivity index (χ2n) is 6.90. The monoisotopic (exact) mass is 485 g/mol. The summed E-state index contributed by atoms with van der Waals surface area (Å²) in [6, 6.07) is 17.0. The Balaban J connectivity index is 1.63. The molecule has 0 aliphatic heterocycles. The Morgan fingerprint density at radius 1 is 1.03 bits per heavy atom. The van der Waals surface area contributed by atoms with E-state index in [4.69, 9.17) is 32.7 Å². The standard InChI is InChI=1S/C24H21Cl2N3O4/c1-15(30)28-20-5-3-4-17(11-20)24(31)29-27-13-16-6-9-22(23(10-16)32-2)33-14-18-7-8-19(25)12-21(18)26/h3-13H,14H2,1-2H3,(H,28,30)(H,29,31)/b27-13-. The molecule has 0 atom stereocenters. The van der Waals surface area contributed by atoms with Crippen LogP contribution in [0.5, 0.6) is 11.5 Å². The number of amides is 2. The van der Waals surface area contributed by atoms with Crippen molar-refractivity contribution in [3.05, 3.63) is 87.4 Å². The molecule has 9 heteroatoms. The zero-order valence-electron chi connectivity index (χ0n) is 17.9. The van der Waals surface area contributed by atoms with Gasteiger partial charge in [0.2, 0.25) is 5.91 Å². The van der Waals surface area contributed by atoms with Crippen LogP contribution < -0.4 is 20.2 Å². The van der Waals surface area contributed by atoms with Crippen molar-refractivity contribution >= 4 is 46.9 Å². The number of ether oxygens (including phenoxy) is 2. The molecule has 0 aliphatic carbocycles. The van der Waals surface area contributed by atoms with Gasteiger partial charge in [0.1, 0.15) is 6.61 Å². The molecule has 0 aromatic heterocycles. The fourth-order valence-electron chi connectivity index (χ4n) is 2.85. The minimum atomic E-state index is -0.412. The fraction of sp³-hybridized carbons (Fsp3) is 0.125. The van der Waals surface area contributed by atoms with Gasteiger partial charge in [0.25, 0.3) is 5.91 Å². The number of hydrazone groups is 1. The first-order chi connectivity index (χ1) is 15.9. The van der Waals surface area contributed by atoms with Gasteiger partial charge in [-0.25, -0.2) is 5.43 Å². The van der Waals surface area contributed by atoms with E-state index in [0.717, 1.165) is 5.56 Å². The highest BCUT2D eigenvalue weighted by molar-refractivity contribution is 6.35. The first kappa shape index (κ1) is 24.1. The predicted octanol–water partition coefficient (Wildman–Crippen LogP) is 5.30. The Kier molecular flexibility index (Phi) is 8.29. The third-order valence-electron chi connectivity index (χ3n) is 4.41. The van der Waals surface area contributed by atoms with Gasteiger partial charge in [-0.05, 0) is 54.1 Å². The molecule has 0 spiro atoms. The Bertz CT molecular complexity index is 1200. The topological polar surface area (TPSA) is 89.0 Å². The van der Waals surface area contributed by atoms with Crippen LogP contribution in [-0.2, 0) is 11.4 Å². The molecule has 7 nitrogen and oxygen atoms in total. The number of carbonyl (C=O) groups is 2. The highest BCUT2D eigenvalue weighted by Crippen LogP contribution is 2.29. The van der Waals surface area contributed by atoms with Gasteiger partial charge in [0.05, 0.1) is 13.3 Å². The number of benzene rings is 3. The summed E-state index contributed by atoms with van der Waals surface area (Å²) >= 11 is 12.1. The Hall–Kier alpha value is -3.55. The smallest absolute Gasteiger partial charge is 0.271 e. The highest BCUT2D eigenvalue weighted by Gasteiger charge is 2.09. The summed E-state index contributed by atoms with van der Waals surface area (Å²) in [4.78, 5) is 23.5. The molecule has 3 aromatic rings. The third-order valence-corrected chi connectivity index (χ3v) is 5.00. The van der Waals surface area contributed by atoms with E-state index in [1.54, 1.807) is 60.7 Å². The van der Waals surface area contributed by atoms with Gasteiger partial charge in [0.15, 0.2) is 11.5 Å². The van der Waals surface area contributed by atoms with Crippen molar-refractivity contribution in [1.29, 1.82) is 0 Å². The van der Waals surface area contributed by atoms with Crippen LogP contribution in [0.25, 0.3) is 0 Å². The lowest BCUT2D eigenvalue weighted by molar-refractivity contribution is -0.114. The molecule has 0 bridgehead atoms. The molecule has 3 aromatic carbocycles. The summed E-state index contributed by atoms with van der Waals surface area (Å²) in [5.41, 5.74) is 4.83. The van der Waals surface area contributed by atoms with Crippen LogP contribution in [0.3, 0.4) is 0 Å². The van der Waals surface area contributed by atoms with E-state index >= 15 is 0 Å². The normalized spacial score (nSPS) is 10.7. The van der Waals surface area contributed by atoms with Crippen molar-refractivity contribution in [2.75, 3.05) is 12.4 Å². The quantitative estimate of drug-likeness (QED) is 0.334. The maximum Gasteiger partial charge on any atom is 0.271 e. The molecule has 2 amide bonds. The minimum Gasteiger partial charge on any atom is -0.493 e. The molecule has 170 valence electrons. The zero-order valence-corrected chi connectivity index (χ0v) is 19.4. The van der Waals surface area contributed by atoms with Gasteiger partial charge in [-0.2, -0.15) is 5.10 Å². The molecule has 0 aliphatic rings. The van der Waals surface area contributed by atoms with E-state index in [9.17, 15) is 9.59 Å². The van der Waals surface area contributed by atoms with Gasteiger partial charge in [-0.1, -0.05) is 35.3 Å². The number of anilines is 1. The number of nitrogens with zero attached hydrogens (tertiary/aromatic N) is 1. The molecule has 2 N–H and O–H groups in total. The summed E-state index contributed by atoms with van der Waals surface area (Å²) in [5.74, 6) is 0.395. The molecule has 3 rings (SSSR count). The Morgan fingerprint density at radius 2 is 1.85 bits per heavy atom. The van der Waals surface area contributed by atoms with Gasteiger partial charge < -0.3 is 14.8 Å². The lowest BCUT2D eigenvalue weighted by Crippen LogP contribution is -2.18. The van der Waals surface area contributed by atoms with Crippen LogP contribution in [0.1, 0.15) is 28.4 Å². The average molecular weight is 486 g/mol. The second kappa shape index (κ2) is 11.4. The van der Waals surface area contributed by atoms with Crippen molar-refractivity contribution in [2.45, 2.75) is 13.5 Å². The van der Waals surface area contributed by atoms with Gasteiger partial charge in [-0.15, -0.1) is 0 Å². The minimum absolute atomic E-state index is 0.219. The lowest BCUT2D eigenvalue weighted by Gasteiger charge is -2.12. The molecular weight excluding hydrogens is 465 g/mol. The zero-order chi connectivity index (χ0) is 23.8. The Labute approximate surface area is 201 Å². The number of hydrogen-bond donors (Lipinski definition) is 2. The largest absolute Gasteiger partial charge is 0.493 e. The summed E-state index contributed by atoms with van der Waals surface area (Å²) < 4.78 is 11.2. The highest BCUT2D eigenvalue weighted by atomic mass is 35.5. The van der Waals surface area contributed by atoms with E-state index in [1.165, 1.54) is 20.2 Å². The number of halogens is 2. The van der Waals surface area contributed by atoms with E-state index in [2.05, 4.69) is 15.8 Å². The van der Waals surface area contributed by atoms with Gasteiger partial charge in [0, 0.05) is 33.8 Å². The molecule has 0 fully saturated rings. The van der Waals surface area contributed by atoms with E-state index in [0.29, 0.717) is 38.4 Å². The second-order valence-corrected chi connectivity index (χ2v) is 7.74. The molecule has 33 heavy (non-hydrogen) atoms. The van der Waals surface area contributed by atoms with Crippen LogP contribution >= 0.6 is 23.2 Å². The summed E-state index contributed by atoms with van der Waals surface area (Å²) in [5, 5.41) is 7.69. The molecule has 0 unspecified atom stereocenters. The maximum atomic E-state index is 12.3. The van der Waals surface area contributed by atoms with Crippen LogP contribution in [0.2, 0.25) is 10.0 Å². The number of carbonyl (C=O) groups excluding carboxylic acids is 2. The van der Waals surface area contributed by atoms with E-state index in [-0.39, 0.29) is 12.5 Å². The van der Waals surface area contributed by atoms with Crippen molar-refractivity contribution in [3.63, 3.8) is 0 Å². The molecule has 0 saturated carbocycles. The summed E-state index contributed by atoms with van der Waals surface area (Å²) in [7, 11) is 1.53.